The van der Waals surface area contributed by atoms with Crippen LogP contribution in [0.2, 0.25) is 0 Å². The number of carbonyl (C=O) groups excluding carboxylic acids is 1. The van der Waals surface area contributed by atoms with Crippen LogP contribution in [0.1, 0.15) is 31.0 Å². The van der Waals surface area contributed by atoms with Crippen molar-refractivity contribution in [1.82, 2.24) is 14.9 Å². The van der Waals surface area contributed by atoms with Gasteiger partial charge in [0.05, 0.1) is 23.8 Å². The van der Waals surface area contributed by atoms with E-state index >= 15 is 0 Å². The van der Waals surface area contributed by atoms with Crippen molar-refractivity contribution in [1.29, 1.82) is 5.26 Å². The van der Waals surface area contributed by atoms with Crippen LogP contribution in [-0.4, -0.2) is 40.1 Å². The van der Waals surface area contributed by atoms with E-state index in [0.29, 0.717) is 24.6 Å². The summed E-state index contributed by atoms with van der Waals surface area (Å²) in [5.74, 6) is 1.72. The van der Waals surface area contributed by atoms with Gasteiger partial charge in [0.1, 0.15) is 10.9 Å². The topological polar surface area (TPSA) is 69.9 Å². The minimum atomic E-state index is 0.0147. The van der Waals surface area contributed by atoms with Crippen molar-refractivity contribution in [2.24, 2.45) is 0 Å². The number of rotatable bonds is 6. The Balaban J connectivity index is 1.76. The van der Waals surface area contributed by atoms with E-state index < -0.39 is 0 Å². The molecule has 1 aromatic carbocycles. The molecule has 3 rings (SSSR count). The molecular formula is C17H18N4OS. The predicted molar refractivity (Wildman–Crippen MR) is 90.1 cm³/mol. The molecule has 0 unspecified atom stereocenters. The van der Waals surface area contributed by atoms with Gasteiger partial charge in [0, 0.05) is 24.9 Å². The molecule has 118 valence electrons. The van der Waals surface area contributed by atoms with Crippen LogP contribution < -0.4 is 0 Å². The average molecular weight is 326 g/mol. The zero-order valence-corrected chi connectivity index (χ0v) is 13.8. The van der Waals surface area contributed by atoms with E-state index in [-0.39, 0.29) is 5.91 Å². The lowest BCUT2D eigenvalue weighted by molar-refractivity contribution is -0.127. The van der Waals surface area contributed by atoms with Gasteiger partial charge in [0.2, 0.25) is 5.91 Å². The summed E-state index contributed by atoms with van der Waals surface area (Å²) < 4.78 is 0. The Bertz CT molecular complexity index is 767. The van der Waals surface area contributed by atoms with Crippen molar-refractivity contribution in [3.63, 3.8) is 0 Å². The van der Waals surface area contributed by atoms with Gasteiger partial charge in [0.25, 0.3) is 0 Å². The molecule has 0 saturated heterocycles. The fourth-order valence-electron chi connectivity index (χ4n) is 2.28. The van der Waals surface area contributed by atoms with Crippen LogP contribution in [0, 0.1) is 11.3 Å². The van der Waals surface area contributed by atoms with Crippen molar-refractivity contribution in [2.45, 2.75) is 30.2 Å². The average Bonchev–Trinajstić information content (AvgIpc) is 3.42. The molecule has 5 nitrogen and oxygen atoms in total. The summed E-state index contributed by atoms with van der Waals surface area (Å²) in [5, 5.41) is 10.5. The summed E-state index contributed by atoms with van der Waals surface area (Å²) >= 11 is 1.45. The zero-order chi connectivity index (χ0) is 16.2. The van der Waals surface area contributed by atoms with Gasteiger partial charge in [0.15, 0.2) is 0 Å². The van der Waals surface area contributed by atoms with Crippen LogP contribution in [0.3, 0.4) is 0 Å². The monoisotopic (exact) mass is 326 g/mol. The Labute approximate surface area is 139 Å². The van der Waals surface area contributed by atoms with Crippen molar-refractivity contribution in [2.75, 3.05) is 19.3 Å². The highest BCUT2D eigenvalue weighted by molar-refractivity contribution is 8.00. The summed E-state index contributed by atoms with van der Waals surface area (Å²) in [4.78, 5) is 23.1. The molecule has 0 radical (unpaired) electrons. The molecule has 1 aromatic heterocycles. The second-order valence-electron chi connectivity index (χ2n) is 5.69. The number of hydrogen-bond donors (Lipinski definition) is 0. The number of fused-ring (bicyclic) bond motifs is 1. The van der Waals surface area contributed by atoms with Gasteiger partial charge in [-0.3, -0.25) is 4.79 Å². The van der Waals surface area contributed by atoms with Crippen LogP contribution in [0.4, 0.5) is 0 Å². The van der Waals surface area contributed by atoms with Crippen LogP contribution >= 0.6 is 11.8 Å². The third-order valence-corrected chi connectivity index (χ3v) is 4.82. The molecule has 0 N–H and O–H groups in total. The molecule has 1 amide bonds. The largest absolute Gasteiger partial charge is 0.344 e. The molecule has 0 bridgehead atoms. The van der Waals surface area contributed by atoms with Gasteiger partial charge in [-0.25, -0.2) is 9.97 Å². The number of para-hydroxylation sites is 1. The summed E-state index contributed by atoms with van der Waals surface area (Å²) in [5.41, 5.74) is 0.942. The Morgan fingerprint density at radius 1 is 1.39 bits per heavy atom. The minimum Gasteiger partial charge on any atom is -0.344 e. The number of aromatic nitrogens is 2. The normalized spacial score (nSPS) is 13.7. The number of nitrogens with zero attached hydrogens (tertiary/aromatic N) is 4. The van der Waals surface area contributed by atoms with E-state index in [1.807, 2.05) is 24.3 Å². The highest BCUT2D eigenvalue weighted by Gasteiger charge is 2.27. The summed E-state index contributed by atoms with van der Waals surface area (Å²) in [6.45, 7) is 0.466. The molecule has 1 aliphatic rings. The molecule has 0 spiro atoms. The standard InChI is InChI=1S/C17H18N4OS/c1-21(10-4-9-18)15(22)11-23-17-13-5-2-3-6-14(13)19-16(20-17)12-7-8-12/h2-3,5-6,12H,4,7-8,10-11H2,1H3. The quantitative estimate of drug-likeness (QED) is 0.603. The molecule has 1 aliphatic carbocycles. The Morgan fingerprint density at radius 3 is 2.91 bits per heavy atom. The first kappa shape index (κ1) is 15.8. The molecule has 23 heavy (non-hydrogen) atoms. The molecule has 6 heteroatoms. The number of amides is 1. The molecule has 0 aliphatic heterocycles. The molecule has 1 saturated carbocycles. The lowest BCUT2D eigenvalue weighted by Crippen LogP contribution is -2.29. The second kappa shape index (κ2) is 6.97. The number of benzene rings is 1. The van der Waals surface area contributed by atoms with E-state index in [1.165, 1.54) is 11.8 Å². The summed E-state index contributed by atoms with van der Waals surface area (Å²) in [6.07, 6.45) is 2.66. The number of nitriles is 1. The molecular weight excluding hydrogens is 308 g/mol. The Hall–Kier alpha value is -2.13. The van der Waals surface area contributed by atoms with Crippen molar-refractivity contribution < 1.29 is 4.79 Å². The van der Waals surface area contributed by atoms with Gasteiger partial charge in [-0.1, -0.05) is 30.0 Å². The van der Waals surface area contributed by atoms with E-state index in [9.17, 15) is 4.79 Å². The first-order chi connectivity index (χ1) is 11.2. The number of thioether (sulfide) groups is 1. The van der Waals surface area contributed by atoms with Gasteiger partial charge < -0.3 is 4.90 Å². The first-order valence-electron chi connectivity index (χ1n) is 7.69. The SMILES string of the molecule is CN(CCC#N)C(=O)CSc1nc(C2CC2)nc2ccccc12. The first-order valence-corrected chi connectivity index (χ1v) is 8.68. The lowest BCUT2D eigenvalue weighted by atomic mass is 10.2. The van der Waals surface area contributed by atoms with Crippen LogP contribution in [-0.2, 0) is 4.79 Å². The maximum absolute atomic E-state index is 12.1. The van der Waals surface area contributed by atoms with Crippen molar-refractivity contribution in [3.8, 4) is 6.07 Å². The van der Waals surface area contributed by atoms with E-state index in [1.54, 1.807) is 11.9 Å². The van der Waals surface area contributed by atoms with Gasteiger partial charge in [-0.2, -0.15) is 5.26 Å². The molecule has 1 fully saturated rings. The third kappa shape index (κ3) is 3.80. The van der Waals surface area contributed by atoms with Crippen LogP contribution in [0.25, 0.3) is 10.9 Å². The van der Waals surface area contributed by atoms with Crippen LogP contribution in [0.15, 0.2) is 29.3 Å². The Morgan fingerprint density at radius 2 is 2.17 bits per heavy atom. The predicted octanol–water partition coefficient (Wildman–Crippen LogP) is 2.97. The van der Waals surface area contributed by atoms with Gasteiger partial charge in [-0.05, 0) is 18.9 Å². The van der Waals surface area contributed by atoms with E-state index in [2.05, 4.69) is 16.0 Å². The fourth-order valence-corrected chi connectivity index (χ4v) is 3.25. The lowest BCUT2D eigenvalue weighted by Gasteiger charge is -2.15. The van der Waals surface area contributed by atoms with Crippen molar-refractivity contribution in [3.05, 3.63) is 30.1 Å². The minimum absolute atomic E-state index is 0.0147. The number of carbonyl (C=O) groups is 1. The highest BCUT2D eigenvalue weighted by Crippen LogP contribution is 2.39. The van der Waals surface area contributed by atoms with Crippen LogP contribution in [0.5, 0.6) is 0 Å². The molecule has 0 atom stereocenters. The molecule has 1 heterocycles. The van der Waals surface area contributed by atoms with E-state index in [4.69, 9.17) is 5.26 Å². The maximum atomic E-state index is 12.1. The van der Waals surface area contributed by atoms with Gasteiger partial charge in [-0.15, -0.1) is 0 Å². The fraction of sp³-hybridized carbons (Fsp3) is 0.412. The summed E-state index contributed by atoms with van der Waals surface area (Å²) in [6, 6.07) is 9.99. The zero-order valence-electron chi connectivity index (χ0n) is 13.0. The second-order valence-corrected chi connectivity index (χ2v) is 6.65. The maximum Gasteiger partial charge on any atom is 0.232 e. The van der Waals surface area contributed by atoms with E-state index in [0.717, 1.165) is 34.6 Å². The smallest absolute Gasteiger partial charge is 0.232 e. The Kier molecular flexibility index (Phi) is 4.77. The van der Waals surface area contributed by atoms with Gasteiger partial charge >= 0.3 is 0 Å². The van der Waals surface area contributed by atoms with Crippen molar-refractivity contribution >= 4 is 28.6 Å². The highest BCUT2D eigenvalue weighted by atomic mass is 32.2. The number of hydrogen-bond acceptors (Lipinski definition) is 5. The third-order valence-electron chi connectivity index (χ3n) is 3.85. The summed E-state index contributed by atoms with van der Waals surface area (Å²) in [7, 11) is 1.73. The molecule has 2 aromatic rings.